The standard InChI is InChI=1S/C10H9N5O2/c16-15(17)9-1-2-10(13-6-9)12-5-8-3-4-11-7-14-8/h1-4,6-7H,5H2,(H,12,13). The normalized spacial score (nSPS) is 9.88. The Kier molecular flexibility index (Phi) is 3.20. The number of nitrogens with one attached hydrogen (secondary N) is 1. The molecule has 0 aliphatic carbocycles. The average molecular weight is 231 g/mol. The second kappa shape index (κ2) is 4.97. The van der Waals surface area contributed by atoms with E-state index in [9.17, 15) is 10.1 Å². The Labute approximate surface area is 96.7 Å². The Hall–Kier alpha value is -2.57. The molecule has 0 unspecified atom stereocenters. The lowest BCUT2D eigenvalue weighted by Gasteiger charge is -2.03. The van der Waals surface area contributed by atoms with Gasteiger partial charge < -0.3 is 5.32 Å². The number of pyridine rings is 1. The summed E-state index contributed by atoms with van der Waals surface area (Å²) in [6, 6.07) is 4.73. The third kappa shape index (κ3) is 2.94. The molecule has 7 heteroatoms. The number of aromatic nitrogens is 3. The lowest BCUT2D eigenvalue weighted by atomic mass is 10.4. The molecular formula is C10H9N5O2. The van der Waals surface area contributed by atoms with Crippen LogP contribution in [0.25, 0.3) is 0 Å². The van der Waals surface area contributed by atoms with Crippen molar-refractivity contribution in [2.75, 3.05) is 5.32 Å². The minimum absolute atomic E-state index is 0.0300. The van der Waals surface area contributed by atoms with Crippen molar-refractivity contribution >= 4 is 11.5 Å². The number of hydrogen-bond donors (Lipinski definition) is 1. The molecule has 1 N–H and O–H groups in total. The van der Waals surface area contributed by atoms with E-state index in [1.165, 1.54) is 18.6 Å². The number of rotatable bonds is 4. The smallest absolute Gasteiger partial charge is 0.287 e. The highest BCUT2D eigenvalue weighted by Crippen LogP contribution is 2.12. The molecule has 0 amide bonds. The van der Waals surface area contributed by atoms with E-state index in [0.29, 0.717) is 12.4 Å². The fourth-order valence-electron chi connectivity index (χ4n) is 1.20. The van der Waals surface area contributed by atoms with E-state index in [2.05, 4.69) is 20.3 Å². The maximum atomic E-state index is 10.4. The summed E-state index contributed by atoms with van der Waals surface area (Å²) in [7, 11) is 0. The van der Waals surface area contributed by atoms with Crippen LogP contribution in [0.3, 0.4) is 0 Å². The van der Waals surface area contributed by atoms with Crippen LogP contribution in [0.1, 0.15) is 5.69 Å². The van der Waals surface area contributed by atoms with Crippen LogP contribution in [-0.2, 0) is 6.54 Å². The first-order chi connectivity index (χ1) is 8.25. The molecule has 17 heavy (non-hydrogen) atoms. The zero-order chi connectivity index (χ0) is 12.1. The van der Waals surface area contributed by atoms with Crippen molar-refractivity contribution in [2.45, 2.75) is 6.54 Å². The van der Waals surface area contributed by atoms with Gasteiger partial charge in [-0.2, -0.15) is 0 Å². The van der Waals surface area contributed by atoms with Gasteiger partial charge in [-0.05, 0) is 12.1 Å². The molecule has 7 nitrogen and oxygen atoms in total. The summed E-state index contributed by atoms with van der Waals surface area (Å²) in [6.45, 7) is 0.493. The van der Waals surface area contributed by atoms with Crippen LogP contribution in [0.4, 0.5) is 11.5 Å². The SMILES string of the molecule is O=[N+]([O-])c1ccc(NCc2ccncn2)nc1. The summed E-state index contributed by atoms with van der Waals surface area (Å²) in [5.41, 5.74) is 0.790. The van der Waals surface area contributed by atoms with E-state index in [1.54, 1.807) is 18.3 Å². The zero-order valence-electron chi connectivity index (χ0n) is 8.78. The Morgan fingerprint density at radius 2 is 2.18 bits per heavy atom. The van der Waals surface area contributed by atoms with Gasteiger partial charge in [0.2, 0.25) is 0 Å². The van der Waals surface area contributed by atoms with Gasteiger partial charge in [0, 0.05) is 12.3 Å². The minimum atomic E-state index is -0.485. The van der Waals surface area contributed by atoms with Crippen molar-refractivity contribution in [3.05, 3.63) is 52.7 Å². The Balaban J connectivity index is 1.98. The van der Waals surface area contributed by atoms with Gasteiger partial charge in [0.1, 0.15) is 18.3 Å². The summed E-state index contributed by atoms with van der Waals surface area (Å²) >= 11 is 0. The maximum absolute atomic E-state index is 10.4. The third-order valence-corrected chi connectivity index (χ3v) is 2.05. The predicted molar refractivity (Wildman–Crippen MR) is 60.3 cm³/mol. The molecular weight excluding hydrogens is 222 g/mol. The van der Waals surface area contributed by atoms with Crippen LogP contribution < -0.4 is 5.32 Å². The van der Waals surface area contributed by atoms with Gasteiger partial charge in [0.15, 0.2) is 0 Å². The number of hydrogen-bond acceptors (Lipinski definition) is 6. The predicted octanol–water partition coefficient (Wildman–Crippen LogP) is 1.39. The lowest BCUT2D eigenvalue weighted by molar-refractivity contribution is -0.385. The first-order valence-electron chi connectivity index (χ1n) is 4.85. The van der Waals surface area contributed by atoms with E-state index in [0.717, 1.165) is 5.69 Å². The second-order valence-corrected chi connectivity index (χ2v) is 3.21. The summed E-state index contributed by atoms with van der Waals surface area (Å²) in [6.07, 6.45) is 4.32. The first kappa shape index (κ1) is 10.9. The monoisotopic (exact) mass is 231 g/mol. The van der Waals surface area contributed by atoms with E-state index >= 15 is 0 Å². The lowest BCUT2D eigenvalue weighted by Crippen LogP contribution is -2.03. The molecule has 0 atom stereocenters. The molecule has 2 aromatic heterocycles. The minimum Gasteiger partial charge on any atom is -0.364 e. The third-order valence-electron chi connectivity index (χ3n) is 2.05. The van der Waals surface area contributed by atoms with Crippen LogP contribution in [0.15, 0.2) is 36.9 Å². The highest BCUT2D eigenvalue weighted by molar-refractivity contribution is 5.40. The molecule has 2 heterocycles. The van der Waals surface area contributed by atoms with E-state index in [4.69, 9.17) is 0 Å². The number of nitrogens with zero attached hydrogens (tertiary/aromatic N) is 4. The molecule has 0 aliphatic heterocycles. The molecule has 0 saturated carbocycles. The van der Waals surface area contributed by atoms with Crippen LogP contribution >= 0.6 is 0 Å². The molecule has 2 aromatic rings. The maximum Gasteiger partial charge on any atom is 0.287 e. The van der Waals surface area contributed by atoms with Gasteiger partial charge in [0.05, 0.1) is 17.2 Å². The van der Waals surface area contributed by atoms with E-state index in [1.807, 2.05) is 0 Å². The van der Waals surface area contributed by atoms with Gasteiger partial charge in [-0.3, -0.25) is 10.1 Å². The van der Waals surface area contributed by atoms with Gasteiger partial charge in [0.25, 0.3) is 5.69 Å². The molecule has 0 fully saturated rings. The highest BCUT2D eigenvalue weighted by atomic mass is 16.6. The topological polar surface area (TPSA) is 93.8 Å². The van der Waals surface area contributed by atoms with Crippen molar-refractivity contribution < 1.29 is 4.92 Å². The highest BCUT2D eigenvalue weighted by Gasteiger charge is 2.04. The molecule has 2 rings (SSSR count). The molecule has 0 aliphatic rings. The number of anilines is 1. The summed E-state index contributed by atoms with van der Waals surface area (Å²) in [5, 5.41) is 13.4. The fraction of sp³-hybridized carbons (Fsp3) is 0.100. The quantitative estimate of drug-likeness (QED) is 0.631. The molecule has 0 bridgehead atoms. The van der Waals surface area contributed by atoms with Gasteiger partial charge in [-0.15, -0.1) is 0 Å². The van der Waals surface area contributed by atoms with E-state index < -0.39 is 4.92 Å². The van der Waals surface area contributed by atoms with Crippen LogP contribution in [0.5, 0.6) is 0 Å². The van der Waals surface area contributed by atoms with Gasteiger partial charge >= 0.3 is 0 Å². The largest absolute Gasteiger partial charge is 0.364 e. The second-order valence-electron chi connectivity index (χ2n) is 3.21. The van der Waals surface area contributed by atoms with E-state index in [-0.39, 0.29) is 5.69 Å². The molecule has 0 radical (unpaired) electrons. The molecule has 0 saturated heterocycles. The van der Waals surface area contributed by atoms with Crippen LogP contribution in [0, 0.1) is 10.1 Å². The molecule has 86 valence electrons. The average Bonchev–Trinajstić information content (AvgIpc) is 2.38. The van der Waals surface area contributed by atoms with Crippen molar-refractivity contribution in [1.82, 2.24) is 15.0 Å². The summed E-state index contributed by atoms with van der Waals surface area (Å²) in [5.74, 6) is 0.564. The van der Waals surface area contributed by atoms with Crippen molar-refractivity contribution in [1.29, 1.82) is 0 Å². The van der Waals surface area contributed by atoms with Crippen molar-refractivity contribution in [2.24, 2.45) is 0 Å². The molecule has 0 spiro atoms. The van der Waals surface area contributed by atoms with Crippen molar-refractivity contribution in [3.63, 3.8) is 0 Å². The Bertz CT molecular complexity index is 500. The molecule has 0 aromatic carbocycles. The summed E-state index contributed by atoms with van der Waals surface area (Å²) < 4.78 is 0. The summed E-state index contributed by atoms with van der Waals surface area (Å²) in [4.78, 5) is 21.7. The zero-order valence-corrected chi connectivity index (χ0v) is 8.78. The van der Waals surface area contributed by atoms with Gasteiger partial charge in [-0.25, -0.2) is 15.0 Å². The van der Waals surface area contributed by atoms with Crippen molar-refractivity contribution in [3.8, 4) is 0 Å². The van der Waals surface area contributed by atoms with Crippen LogP contribution in [-0.4, -0.2) is 19.9 Å². The number of nitro groups is 1. The van der Waals surface area contributed by atoms with Gasteiger partial charge in [-0.1, -0.05) is 0 Å². The van der Waals surface area contributed by atoms with Crippen LogP contribution in [0.2, 0.25) is 0 Å². The fourth-order valence-corrected chi connectivity index (χ4v) is 1.20. The Morgan fingerprint density at radius 3 is 2.76 bits per heavy atom. The Morgan fingerprint density at radius 1 is 1.29 bits per heavy atom. The first-order valence-corrected chi connectivity index (χ1v) is 4.85.